The number of nitrogens with two attached hydrogens (primary N) is 1. The van der Waals surface area contributed by atoms with Gasteiger partial charge >= 0.3 is 0 Å². The summed E-state index contributed by atoms with van der Waals surface area (Å²) in [6.07, 6.45) is 1.01. The summed E-state index contributed by atoms with van der Waals surface area (Å²) in [6, 6.07) is 13.9. The van der Waals surface area contributed by atoms with Crippen molar-refractivity contribution in [1.82, 2.24) is 4.90 Å². The van der Waals surface area contributed by atoms with Crippen molar-refractivity contribution >= 4 is 24.2 Å². The number of hydrogen-bond acceptors (Lipinski definition) is 4. The van der Waals surface area contributed by atoms with Crippen LogP contribution in [0.25, 0.3) is 0 Å². The number of amidine groups is 1. The summed E-state index contributed by atoms with van der Waals surface area (Å²) >= 11 is 4.43. The summed E-state index contributed by atoms with van der Waals surface area (Å²) < 4.78 is 0. The summed E-state index contributed by atoms with van der Waals surface area (Å²) in [6.45, 7) is 2.74. The molecule has 0 bridgehead atoms. The Kier molecular flexibility index (Phi) is 5.00. The Labute approximate surface area is 142 Å². The van der Waals surface area contributed by atoms with Gasteiger partial charge in [-0.15, -0.1) is 12.6 Å². The van der Waals surface area contributed by atoms with Gasteiger partial charge in [0.25, 0.3) is 0 Å². The summed E-state index contributed by atoms with van der Waals surface area (Å²) in [5.41, 5.74) is 10.4. The van der Waals surface area contributed by atoms with E-state index in [4.69, 9.17) is 10.8 Å². The van der Waals surface area contributed by atoms with E-state index in [1.807, 2.05) is 30.3 Å². The Hall–Kier alpha value is -1.82. The summed E-state index contributed by atoms with van der Waals surface area (Å²) in [5, 5.41) is 9.10. The zero-order chi connectivity index (χ0) is 16.2. The molecule has 0 amide bonds. The predicted octanol–water partition coefficient (Wildman–Crippen LogP) is 2.36. The first-order valence-corrected chi connectivity index (χ1v) is 8.19. The van der Waals surface area contributed by atoms with Gasteiger partial charge in [-0.3, -0.25) is 4.90 Å². The highest BCUT2D eigenvalue weighted by Crippen LogP contribution is 2.25. The molecule has 1 aliphatic heterocycles. The molecule has 1 heterocycles. The average Bonchev–Trinajstić information content (AvgIpc) is 2.55. The van der Waals surface area contributed by atoms with E-state index in [1.165, 1.54) is 11.1 Å². The third-order valence-corrected chi connectivity index (χ3v) is 4.52. The van der Waals surface area contributed by atoms with E-state index in [2.05, 4.69) is 34.7 Å². The molecule has 2 aromatic carbocycles. The first-order valence-electron chi connectivity index (χ1n) is 7.75. The van der Waals surface area contributed by atoms with Crippen LogP contribution in [0, 0.1) is 0 Å². The molecule has 0 unspecified atom stereocenters. The van der Waals surface area contributed by atoms with E-state index in [-0.39, 0.29) is 6.61 Å². The number of benzene rings is 2. The van der Waals surface area contributed by atoms with E-state index in [9.17, 15) is 0 Å². The van der Waals surface area contributed by atoms with Crippen LogP contribution < -0.4 is 5.73 Å². The number of nitrogens with zero attached hydrogens (tertiary/aromatic N) is 2. The minimum absolute atomic E-state index is 0.193. The summed E-state index contributed by atoms with van der Waals surface area (Å²) in [5.74, 6) is 0.471. The monoisotopic (exact) mass is 327 g/mol. The van der Waals surface area contributed by atoms with Gasteiger partial charge in [0.15, 0.2) is 0 Å². The average molecular weight is 327 g/mol. The van der Waals surface area contributed by atoms with Crippen molar-refractivity contribution in [3.8, 4) is 0 Å². The van der Waals surface area contributed by atoms with Crippen LogP contribution >= 0.6 is 12.6 Å². The number of thiol groups is 1. The highest BCUT2D eigenvalue weighted by molar-refractivity contribution is 7.80. The molecule has 0 spiro atoms. The number of rotatable bonds is 4. The third-order valence-electron chi connectivity index (χ3n) is 4.13. The minimum Gasteiger partial charge on any atom is -0.395 e. The highest BCUT2D eigenvalue weighted by atomic mass is 32.1. The van der Waals surface area contributed by atoms with Gasteiger partial charge in [0.05, 0.1) is 12.3 Å². The number of aliphatic imine (C=N–C) groups is 1. The van der Waals surface area contributed by atoms with Gasteiger partial charge in [-0.05, 0) is 35.7 Å². The second-order valence-electron chi connectivity index (χ2n) is 5.72. The predicted molar refractivity (Wildman–Crippen MR) is 96.6 cm³/mol. The molecular formula is C18H21N3OS. The lowest BCUT2D eigenvalue weighted by atomic mass is 9.99. The molecule has 0 fully saturated rings. The van der Waals surface area contributed by atoms with Crippen LogP contribution in [-0.4, -0.2) is 35.5 Å². The Morgan fingerprint density at radius 3 is 2.83 bits per heavy atom. The highest BCUT2D eigenvalue weighted by Gasteiger charge is 2.16. The van der Waals surface area contributed by atoms with Crippen molar-refractivity contribution in [2.24, 2.45) is 10.7 Å². The van der Waals surface area contributed by atoms with E-state index in [1.54, 1.807) is 0 Å². The number of β-amino-alcohol motifs (C(OH)–C–C–N with tert-alkyl or cyclic N) is 1. The Morgan fingerprint density at radius 2 is 2.04 bits per heavy atom. The molecule has 3 rings (SSSR count). The lowest BCUT2D eigenvalue weighted by Crippen LogP contribution is -2.32. The second kappa shape index (κ2) is 7.17. The Morgan fingerprint density at radius 1 is 1.22 bits per heavy atom. The van der Waals surface area contributed by atoms with Gasteiger partial charge in [0.2, 0.25) is 0 Å². The molecule has 2 aromatic rings. The molecule has 0 aliphatic carbocycles. The van der Waals surface area contributed by atoms with E-state index >= 15 is 0 Å². The van der Waals surface area contributed by atoms with Crippen LogP contribution in [-0.2, 0) is 13.0 Å². The number of aliphatic hydroxyl groups excluding tert-OH is 1. The third kappa shape index (κ3) is 3.75. The summed E-state index contributed by atoms with van der Waals surface area (Å²) in [7, 11) is 0. The van der Waals surface area contributed by atoms with Gasteiger partial charge in [0, 0.05) is 30.1 Å². The van der Waals surface area contributed by atoms with E-state index < -0.39 is 0 Å². The van der Waals surface area contributed by atoms with Crippen molar-refractivity contribution in [2.75, 3.05) is 19.7 Å². The van der Waals surface area contributed by atoms with Crippen molar-refractivity contribution in [2.45, 2.75) is 17.9 Å². The SMILES string of the molecule is NC(=Nc1ccc2c(c1)CN(CCO)CC2)c1ccccc1S. The smallest absolute Gasteiger partial charge is 0.132 e. The number of aliphatic hydroxyl groups is 1. The molecule has 1 aliphatic rings. The number of hydrogen-bond donors (Lipinski definition) is 3. The minimum atomic E-state index is 0.193. The van der Waals surface area contributed by atoms with Gasteiger partial charge in [-0.1, -0.05) is 24.3 Å². The van der Waals surface area contributed by atoms with Crippen LogP contribution in [0.3, 0.4) is 0 Å². The number of fused-ring (bicyclic) bond motifs is 1. The molecular weight excluding hydrogens is 306 g/mol. The molecule has 5 heteroatoms. The fourth-order valence-corrected chi connectivity index (χ4v) is 3.17. The zero-order valence-electron chi connectivity index (χ0n) is 12.9. The molecule has 0 aromatic heterocycles. The largest absolute Gasteiger partial charge is 0.395 e. The first-order chi connectivity index (χ1) is 11.2. The molecule has 4 nitrogen and oxygen atoms in total. The van der Waals surface area contributed by atoms with Crippen molar-refractivity contribution in [3.05, 3.63) is 59.2 Å². The quantitative estimate of drug-likeness (QED) is 0.459. The Bertz CT molecular complexity index is 730. The van der Waals surface area contributed by atoms with Crippen LogP contribution in [0.5, 0.6) is 0 Å². The van der Waals surface area contributed by atoms with Crippen LogP contribution in [0.2, 0.25) is 0 Å². The normalized spacial score (nSPS) is 15.5. The van der Waals surface area contributed by atoms with Gasteiger partial charge < -0.3 is 10.8 Å². The molecule has 0 saturated heterocycles. The van der Waals surface area contributed by atoms with Crippen molar-refractivity contribution in [1.29, 1.82) is 0 Å². The molecule has 0 radical (unpaired) electrons. The maximum atomic E-state index is 9.10. The van der Waals surface area contributed by atoms with E-state index in [0.29, 0.717) is 12.4 Å². The first kappa shape index (κ1) is 16.1. The molecule has 3 N–H and O–H groups in total. The van der Waals surface area contributed by atoms with Crippen molar-refractivity contribution in [3.63, 3.8) is 0 Å². The Balaban J connectivity index is 1.86. The lowest BCUT2D eigenvalue weighted by molar-refractivity contribution is 0.184. The van der Waals surface area contributed by atoms with Gasteiger partial charge in [0.1, 0.15) is 5.84 Å². The van der Waals surface area contributed by atoms with Gasteiger partial charge in [-0.25, -0.2) is 4.99 Å². The van der Waals surface area contributed by atoms with Crippen molar-refractivity contribution < 1.29 is 5.11 Å². The second-order valence-corrected chi connectivity index (χ2v) is 6.20. The van der Waals surface area contributed by atoms with E-state index in [0.717, 1.165) is 35.7 Å². The maximum Gasteiger partial charge on any atom is 0.132 e. The standard InChI is InChI=1S/C18H21N3OS/c19-18(16-3-1-2-4-17(16)23)20-15-6-5-13-7-8-21(9-10-22)12-14(13)11-15/h1-6,11,22-23H,7-10,12H2,(H2,19,20). The summed E-state index contributed by atoms with van der Waals surface area (Å²) in [4.78, 5) is 7.62. The van der Waals surface area contributed by atoms with Gasteiger partial charge in [-0.2, -0.15) is 0 Å². The topological polar surface area (TPSA) is 61.8 Å². The molecule has 0 saturated carbocycles. The molecule has 120 valence electrons. The zero-order valence-corrected chi connectivity index (χ0v) is 13.8. The fraction of sp³-hybridized carbons (Fsp3) is 0.278. The molecule has 0 atom stereocenters. The maximum absolute atomic E-state index is 9.10. The molecule has 23 heavy (non-hydrogen) atoms. The fourth-order valence-electron chi connectivity index (χ4n) is 2.89. The van der Waals surface area contributed by atoms with Crippen LogP contribution in [0.1, 0.15) is 16.7 Å². The van der Waals surface area contributed by atoms with Crippen LogP contribution in [0.15, 0.2) is 52.4 Å². The lowest BCUT2D eigenvalue weighted by Gasteiger charge is -2.28. The van der Waals surface area contributed by atoms with Crippen LogP contribution in [0.4, 0.5) is 5.69 Å².